The van der Waals surface area contributed by atoms with Crippen molar-refractivity contribution < 1.29 is 22.5 Å². The quantitative estimate of drug-likeness (QED) is 0.804. The molecule has 0 spiro atoms. The number of sulfone groups is 1. The molecule has 2 rings (SSSR count). The maximum Gasteiger partial charge on any atom is 0.242 e. The van der Waals surface area contributed by atoms with Gasteiger partial charge in [0.2, 0.25) is 17.6 Å². The van der Waals surface area contributed by atoms with Gasteiger partial charge in [-0.05, 0) is 12.1 Å². The normalized spacial score (nSPS) is 11.3. The molecule has 9 heteroatoms. The molecule has 0 unspecified atom stereocenters. The Kier molecular flexibility index (Phi) is 4.22. The van der Waals surface area contributed by atoms with Crippen molar-refractivity contribution in [1.82, 2.24) is 10.1 Å². The molecule has 0 aliphatic heterocycles. The van der Waals surface area contributed by atoms with Crippen molar-refractivity contribution in [3.63, 3.8) is 0 Å². The number of aromatic nitrogens is 2. The van der Waals surface area contributed by atoms with Gasteiger partial charge in [0.15, 0.2) is 9.84 Å². The fourth-order valence-electron chi connectivity index (χ4n) is 1.71. The van der Waals surface area contributed by atoms with Crippen molar-refractivity contribution in [3.05, 3.63) is 30.2 Å². The molecule has 0 aliphatic carbocycles. The lowest BCUT2D eigenvalue weighted by molar-refractivity contribution is -0.115. The number of benzene rings is 1. The number of hydrogen-bond donors (Lipinski definition) is 1. The number of hydrogen-bond acceptors (Lipinski definition) is 7. The summed E-state index contributed by atoms with van der Waals surface area (Å²) in [5.41, 5.74) is 5.44. The fourth-order valence-corrected chi connectivity index (χ4v) is 2.74. The maximum absolute atomic E-state index is 11.6. The molecule has 0 fully saturated rings. The Morgan fingerprint density at radius 3 is 2.76 bits per heavy atom. The molecule has 0 bridgehead atoms. The number of rotatable bonds is 6. The minimum Gasteiger partial charge on any atom is -0.496 e. The van der Waals surface area contributed by atoms with E-state index in [4.69, 9.17) is 15.0 Å². The topological polar surface area (TPSA) is 125 Å². The highest BCUT2D eigenvalue weighted by atomic mass is 32.2. The average Bonchev–Trinajstić information content (AvgIpc) is 2.84. The van der Waals surface area contributed by atoms with E-state index < -0.39 is 27.3 Å². The highest BCUT2D eigenvalue weighted by molar-refractivity contribution is 7.91. The van der Waals surface area contributed by atoms with Crippen LogP contribution >= 0.6 is 0 Å². The predicted molar refractivity (Wildman–Crippen MR) is 73.0 cm³/mol. The number of ether oxygens (including phenoxy) is 1. The molecule has 0 aliphatic rings. The van der Waals surface area contributed by atoms with Gasteiger partial charge in [0, 0.05) is 0 Å². The van der Waals surface area contributed by atoms with Crippen LogP contribution in [0.15, 0.2) is 28.8 Å². The molecule has 0 radical (unpaired) electrons. The molecule has 1 aromatic heterocycles. The van der Waals surface area contributed by atoms with Crippen LogP contribution in [0.25, 0.3) is 11.4 Å². The second kappa shape index (κ2) is 5.92. The maximum atomic E-state index is 11.6. The molecule has 1 aromatic carbocycles. The lowest BCUT2D eigenvalue weighted by Crippen LogP contribution is -2.24. The first kappa shape index (κ1) is 15.0. The van der Waals surface area contributed by atoms with Crippen molar-refractivity contribution in [2.45, 2.75) is 5.75 Å². The lowest BCUT2D eigenvalue weighted by Gasteiger charge is -2.03. The Morgan fingerprint density at radius 1 is 1.38 bits per heavy atom. The van der Waals surface area contributed by atoms with Gasteiger partial charge >= 0.3 is 0 Å². The van der Waals surface area contributed by atoms with Gasteiger partial charge in [-0.1, -0.05) is 17.3 Å². The predicted octanol–water partition coefficient (Wildman–Crippen LogP) is 0.145. The minimum absolute atomic E-state index is 0.114. The largest absolute Gasteiger partial charge is 0.496 e. The summed E-state index contributed by atoms with van der Waals surface area (Å²) in [6.45, 7) is 0. The number of amides is 1. The Hall–Kier alpha value is -2.42. The third-order valence-electron chi connectivity index (χ3n) is 2.52. The number of nitrogens with two attached hydrogens (primary N) is 1. The number of carbonyl (C=O) groups is 1. The van der Waals surface area contributed by atoms with Crippen LogP contribution in [-0.4, -0.2) is 37.3 Å². The van der Waals surface area contributed by atoms with Crippen LogP contribution < -0.4 is 10.5 Å². The third-order valence-corrected chi connectivity index (χ3v) is 3.93. The van der Waals surface area contributed by atoms with Crippen LogP contribution in [0.4, 0.5) is 0 Å². The van der Waals surface area contributed by atoms with E-state index >= 15 is 0 Å². The van der Waals surface area contributed by atoms with Crippen molar-refractivity contribution in [2.24, 2.45) is 5.73 Å². The first-order valence-corrected chi connectivity index (χ1v) is 7.68. The van der Waals surface area contributed by atoms with Gasteiger partial charge in [-0.25, -0.2) is 8.42 Å². The molecular weight excluding hydrogens is 298 g/mol. The van der Waals surface area contributed by atoms with E-state index in [2.05, 4.69) is 10.1 Å². The minimum atomic E-state index is -3.72. The zero-order valence-corrected chi connectivity index (χ0v) is 12.0. The van der Waals surface area contributed by atoms with Gasteiger partial charge in [0.05, 0.1) is 12.7 Å². The highest BCUT2D eigenvalue weighted by Gasteiger charge is 2.21. The van der Waals surface area contributed by atoms with Crippen LogP contribution in [0.2, 0.25) is 0 Å². The fraction of sp³-hybridized carbons (Fsp3) is 0.250. The van der Waals surface area contributed by atoms with E-state index in [0.717, 1.165) is 0 Å². The standard InChI is InChI=1S/C12H13N3O5S/c1-19-9-5-3-2-4-8(9)12-14-11(20-15-12)7-21(17,18)6-10(13)16/h2-5H,6-7H2,1H3,(H2,13,16). The number of nitrogens with zero attached hydrogens (tertiary/aromatic N) is 2. The molecule has 2 aromatic rings. The van der Waals surface area contributed by atoms with E-state index in [1.54, 1.807) is 24.3 Å². The SMILES string of the molecule is COc1ccccc1-c1noc(CS(=O)(=O)CC(N)=O)n1. The second-order valence-corrected chi connectivity index (χ2v) is 6.28. The summed E-state index contributed by atoms with van der Waals surface area (Å²) >= 11 is 0. The molecule has 2 N–H and O–H groups in total. The van der Waals surface area contributed by atoms with Crippen molar-refractivity contribution in [3.8, 4) is 17.1 Å². The van der Waals surface area contributed by atoms with Gasteiger partial charge in [0.25, 0.3) is 0 Å². The van der Waals surface area contributed by atoms with Gasteiger partial charge < -0.3 is 15.0 Å². The lowest BCUT2D eigenvalue weighted by atomic mass is 10.2. The Labute approximate surface area is 120 Å². The molecular formula is C12H13N3O5S. The monoisotopic (exact) mass is 311 g/mol. The molecule has 1 amide bonds. The van der Waals surface area contributed by atoms with Gasteiger partial charge in [-0.15, -0.1) is 0 Å². The molecule has 112 valence electrons. The number of methoxy groups -OCH3 is 1. The molecule has 8 nitrogen and oxygen atoms in total. The van der Waals surface area contributed by atoms with E-state index in [-0.39, 0.29) is 11.7 Å². The van der Waals surface area contributed by atoms with Crippen molar-refractivity contribution >= 4 is 15.7 Å². The molecule has 0 atom stereocenters. The summed E-state index contributed by atoms with van der Waals surface area (Å²) in [6, 6.07) is 6.97. The Balaban J connectivity index is 2.24. The zero-order valence-electron chi connectivity index (χ0n) is 11.1. The second-order valence-electron chi connectivity index (χ2n) is 4.21. The highest BCUT2D eigenvalue weighted by Crippen LogP contribution is 2.27. The van der Waals surface area contributed by atoms with Crippen molar-refractivity contribution in [2.75, 3.05) is 12.9 Å². The molecule has 1 heterocycles. The first-order chi connectivity index (χ1) is 9.91. The van der Waals surface area contributed by atoms with Gasteiger partial charge in [-0.2, -0.15) is 4.98 Å². The summed E-state index contributed by atoms with van der Waals surface area (Å²) in [5, 5.41) is 3.71. The summed E-state index contributed by atoms with van der Waals surface area (Å²) in [5.74, 6) is -1.62. The smallest absolute Gasteiger partial charge is 0.242 e. The van der Waals surface area contributed by atoms with Crippen LogP contribution in [0.1, 0.15) is 5.89 Å². The Bertz CT molecular complexity index is 754. The van der Waals surface area contributed by atoms with E-state index in [1.165, 1.54) is 7.11 Å². The summed E-state index contributed by atoms with van der Waals surface area (Å²) < 4.78 is 33.3. The third kappa shape index (κ3) is 3.78. The Morgan fingerprint density at radius 2 is 2.10 bits per heavy atom. The van der Waals surface area contributed by atoms with Crippen LogP contribution in [0.3, 0.4) is 0 Å². The first-order valence-electron chi connectivity index (χ1n) is 5.86. The zero-order chi connectivity index (χ0) is 15.5. The molecule has 0 saturated carbocycles. The van der Waals surface area contributed by atoms with Gasteiger partial charge in [0.1, 0.15) is 17.3 Å². The van der Waals surface area contributed by atoms with Crippen molar-refractivity contribution in [1.29, 1.82) is 0 Å². The summed E-state index contributed by atoms with van der Waals surface area (Å²) in [4.78, 5) is 14.7. The molecule has 21 heavy (non-hydrogen) atoms. The van der Waals surface area contributed by atoms with E-state index in [0.29, 0.717) is 11.3 Å². The summed E-state index contributed by atoms with van der Waals surface area (Å²) in [7, 11) is -2.22. The number of para-hydroxylation sites is 1. The number of carbonyl (C=O) groups excluding carboxylic acids is 1. The summed E-state index contributed by atoms with van der Waals surface area (Å²) in [6.07, 6.45) is 0. The van der Waals surface area contributed by atoms with Crippen LogP contribution in [0, 0.1) is 0 Å². The van der Waals surface area contributed by atoms with Gasteiger partial charge in [-0.3, -0.25) is 4.79 Å². The van der Waals surface area contributed by atoms with E-state index in [9.17, 15) is 13.2 Å². The van der Waals surface area contributed by atoms with E-state index in [1.807, 2.05) is 0 Å². The van der Waals surface area contributed by atoms with Crippen LogP contribution in [-0.2, 0) is 20.4 Å². The number of primary amides is 1. The van der Waals surface area contributed by atoms with Crippen LogP contribution in [0.5, 0.6) is 5.75 Å². The molecule has 0 saturated heterocycles. The average molecular weight is 311 g/mol.